The molecular formula is C17H22N2O3S. The molecule has 1 saturated carbocycles. The Morgan fingerprint density at radius 2 is 2.39 bits per heavy atom. The topological polar surface area (TPSA) is 75.4 Å². The molecule has 2 heterocycles. The molecule has 1 amide bonds. The standard InChI is InChI=1S/C17H22N2O3S/c1-11-15(19-17(22-11)13-5-6-23-10-13)8-16(21)18-9-12-3-2-4-14(20)7-12/h5-6,10,12,14,20H,2-4,7-9H2,1H3,(H,18,21). The lowest BCUT2D eigenvalue weighted by molar-refractivity contribution is -0.120. The van der Waals surface area contributed by atoms with Crippen molar-refractivity contribution in [2.45, 2.75) is 45.1 Å². The van der Waals surface area contributed by atoms with Crippen LogP contribution in [0.3, 0.4) is 0 Å². The molecule has 2 aromatic rings. The Hall–Kier alpha value is -1.66. The zero-order valence-corrected chi connectivity index (χ0v) is 14.1. The Morgan fingerprint density at radius 3 is 3.13 bits per heavy atom. The molecule has 2 N–H and O–H groups in total. The Kier molecular flexibility index (Phi) is 5.13. The summed E-state index contributed by atoms with van der Waals surface area (Å²) < 4.78 is 5.65. The maximum Gasteiger partial charge on any atom is 0.227 e. The fourth-order valence-corrected chi connectivity index (χ4v) is 3.65. The predicted molar refractivity (Wildman–Crippen MR) is 89.2 cm³/mol. The van der Waals surface area contributed by atoms with Crippen LogP contribution in [0.4, 0.5) is 0 Å². The second kappa shape index (κ2) is 7.27. The Labute approximate surface area is 139 Å². The van der Waals surface area contributed by atoms with Crippen molar-refractivity contribution < 1.29 is 14.3 Å². The second-order valence-electron chi connectivity index (χ2n) is 6.20. The van der Waals surface area contributed by atoms with Gasteiger partial charge in [-0.25, -0.2) is 4.98 Å². The van der Waals surface area contributed by atoms with E-state index in [0.717, 1.165) is 31.2 Å². The fourth-order valence-electron chi connectivity index (χ4n) is 3.02. The average molecular weight is 334 g/mol. The van der Waals surface area contributed by atoms with E-state index in [-0.39, 0.29) is 18.4 Å². The number of carbonyl (C=O) groups excluding carboxylic acids is 1. The number of nitrogens with one attached hydrogen (secondary N) is 1. The van der Waals surface area contributed by atoms with E-state index < -0.39 is 0 Å². The van der Waals surface area contributed by atoms with Crippen molar-refractivity contribution in [3.05, 3.63) is 28.3 Å². The smallest absolute Gasteiger partial charge is 0.227 e. The van der Waals surface area contributed by atoms with E-state index >= 15 is 0 Å². The van der Waals surface area contributed by atoms with Gasteiger partial charge in [-0.05, 0) is 43.6 Å². The van der Waals surface area contributed by atoms with Gasteiger partial charge in [0.05, 0.1) is 18.2 Å². The minimum atomic E-state index is -0.211. The summed E-state index contributed by atoms with van der Waals surface area (Å²) >= 11 is 1.59. The summed E-state index contributed by atoms with van der Waals surface area (Å²) in [6, 6.07) is 1.95. The normalized spacial score (nSPS) is 21.3. The van der Waals surface area contributed by atoms with Gasteiger partial charge in [0.2, 0.25) is 11.8 Å². The Bertz CT molecular complexity index is 651. The number of amides is 1. The number of aliphatic hydroxyl groups is 1. The highest BCUT2D eigenvalue weighted by atomic mass is 32.1. The molecule has 1 aliphatic rings. The number of aromatic nitrogens is 1. The van der Waals surface area contributed by atoms with Gasteiger partial charge in [-0.3, -0.25) is 4.79 Å². The first-order chi connectivity index (χ1) is 11.1. The van der Waals surface area contributed by atoms with Gasteiger partial charge in [0.25, 0.3) is 0 Å². The number of aliphatic hydroxyl groups excluding tert-OH is 1. The summed E-state index contributed by atoms with van der Waals surface area (Å²) in [4.78, 5) is 16.6. The third-order valence-corrected chi connectivity index (χ3v) is 5.02. The molecule has 23 heavy (non-hydrogen) atoms. The largest absolute Gasteiger partial charge is 0.441 e. The highest BCUT2D eigenvalue weighted by Gasteiger charge is 2.21. The van der Waals surface area contributed by atoms with Crippen LogP contribution in [0.15, 0.2) is 21.2 Å². The highest BCUT2D eigenvalue weighted by molar-refractivity contribution is 7.08. The van der Waals surface area contributed by atoms with E-state index in [1.54, 1.807) is 11.3 Å². The Morgan fingerprint density at radius 1 is 1.52 bits per heavy atom. The third kappa shape index (κ3) is 4.20. The van der Waals surface area contributed by atoms with E-state index in [1.165, 1.54) is 0 Å². The SMILES string of the molecule is Cc1oc(-c2ccsc2)nc1CC(=O)NCC1CCCC(O)C1. The molecule has 3 rings (SSSR count). The molecule has 124 valence electrons. The van der Waals surface area contributed by atoms with Gasteiger partial charge in [-0.15, -0.1) is 0 Å². The monoisotopic (exact) mass is 334 g/mol. The molecule has 2 atom stereocenters. The molecule has 0 radical (unpaired) electrons. The lowest BCUT2D eigenvalue weighted by Crippen LogP contribution is -2.33. The van der Waals surface area contributed by atoms with Crippen LogP contribution in [-0.2, 0) is 11.2 Å². The van der Waals surface area contributed by atoms with E-state index in [0.29, 0.717) is 29.8 Å². The quantitative estimate of drug-likeness (QED) is 0.881. The van der Waals surface area contributed by atoms with E-state index in [1.807, 2.05) is 23.8 Å². The van der Waals surface area contributed by atoms with Gasteiger partial charge in [-0.1, -0.05) is 6.42 Å². The van der Waals surface area contributed by atoms with Crippen molar-refractivity contribution in [3.8, 4) is 11.5 Å². The third-order valence-electron chi connectivity index (χ3n) is 4.33. The van der Waals surface area contributed by atoms with Gasteiger partial charge in [0.1, 0.15) is 5.76 Å². The summed E-state index contributed by atoms with van der Waals surface area (Å²) in [6.07, 6.45) is 3.79. The lowest BCUT2D eigenvalue weighted by Gasteiger charge is -2.25. The molecule has 0 saturated heterocycles. The summed E-state index contributed by atoms with van der Waals surface area (Å²) in [6.45, 7) is 2.47. The molecule has 0 spiro atoms. The fraction of sp³-hybridized carbons (Fsp3) is 0.529. The van der Waals surface area contributed by atoms with Crippen molar-refractivity contribution in [1.29, 1.82) is 0 Å². The summed E-state index contributed by atoms with van der Waals surface area (Å²) in [7, 11) is 0. The maximum atomic E-state index is 12.1. The molecule has 5 nitrogen and oxygen atoms in total. The van der Waals surface area contributed by atoms with Crippen LogP contribution in [0.1, 0.15) is 37.1 Å². The van der Waals surface area contributed by atoms with Crippen LogP contribution >= 0.6 is 11.3 Å². The first-order valence-electron chi connectivity index (χ1n) is 8.05. The van der Waals surface area contributed by atoms with Crippen LogP contribution in [0.5, 0.6) is 0 Å². The van der Waals surface area contributed by atoms with Gasteiger partial charge in [0.15, 0.2) is 0 Å². The molecule has 1 fully saturated rings. The van der Waals surface area contributed by atoms with E-state index in [2.05, 4.69) is 10.3 Å². The minimum absolute atomic E-state index is 0.0432. The molecule has 2 aromatic heterocycles. The van der Waals surface area contributed by atoms with Crippen LogP contribution in [0.2, 0.25) is 0 Å². The summed E-state index contributed by atoms with van der Waals surface area (Å²) in [5, 5.41) is 16.6. The van der Waals surface area contributed by atoms with E-state index in [9.17, 15) is 9.90 Å². The van der Waals surface area contributed by atoms with Crippen molar-refractivity contribution in [1.82, 2.24) is 10.3 Å². The molecular weight excluding hydrogens is 312 g/mol. The number of rotatable bonds is 5. The van der Waals surface area contributed by atoms with Gasteiger partial charge >= 0.3 is 0 Å². The lowest BCUT2D eigenvalue weighted by atomic mass is 9.87. The first-order valence-corrected chi connectivity index (χ1v) is 8.99. The van der Waals surface area contributed by atoms with Crippen LogP contribution in [-0.4, -0.2) is 28.6 Å². The zero-order valence-electron chi connectivity index (χ0n) is 13.2. The van der Waals surface area contributed by atoms with Gasteiger partial charge in [-0.2, -0.15) is 11.3 Å². The molecule has 0 bridgehead atoms. The molecule has 1 aliphatic carbocycles. The van der Waals surface area contributed by atoms with Gasteiger partial charge in [0, 0.05) is 17.5 Å². The minimum Gasteiger partial charge on any atom is -0.441 e. The average Bonchev–Trinajstić information content (AvgIpc) is 3.16. The van der Waals surface area contributed by atoms with Gasteiger partial charge < -0.3 is 14.8 Å². The van der Waals surface area contributed by atoms with Crippen LogP contribution < -0.4 is 5.32 Å². The van der Waals surface area contributed by atoms with Crippen molar-refractivity contribution >= 4 is 17.2 Å². The van der Waals surface area contributed by atoms with E-state index in [4.69, 9.17) is 4.42 Å². The number of hydrogen-bond donors (Lipinski definition) is 2. The molecule has 2 unspecified atom stereocenters. The Balaban J connectivity index is 1.53. The summed E-state index contributed by atoms with van der Waals surface area (Å²) in [5.74, 6) is 1.59. The molecule has 0 aromatic carbocycles. The maximum absolute atomic E-state index is 12.1. The second-order valence-corrected chi connectivity index (χ2v) is 6.98. The zero-order chi connectivity index (χ0) is 16.2. The van der Waals surface area contributed by atoms with Crippen LogP contribution in [0.25, 0.3) is 11.5 Å². The molecule has 6 heteroatoms. The highest BCUT2D eigenvalue weighted by Crippen LogP contribution is 2.25. The number of nitrogens with zero attached hydrogens (tertiary/aromatic N) is 1. The summed E-state index contributed by atoms with van der Waals surface area (Å²) in [5.41, 5.74) is 1.63. The number of carbonyl (C=O) groups is 1. The number of aryl methyl sites for hydroxylation is 1. The van der Waals surface area contributed by atoms with Crippen molar-refractivity contribution in [2.75, 3.05) is 6.54 Å². The number of thiophene rings is 1. The number of oxazole rings is 1. The van der Waals surface area contributed by atoms with Crippen molar-refractivity contribution in [2.24, 2.45) is 5.92 Å². The molecule has 0 aliphatic heterocycles. The predicted octanol–water partition coefficient (Wildman–Crippen LogP) is 2.92. The first kappa shape index (κ1) is 16.2. The van der Waals surface area contributed by atoms with Crippen molar-refractivity contribution in [3.63, 3.8) is 0 Å². The van der Waals surface area contributed by atoms with Crippen LogP contribution in [0, 0.1) is 12.8 Å². The number of hydrogen-bond acceptors (Lipinski definition) is 5.